The lowest BCUT2D eigenvalue weighted by Gasteiger charge is -2.40. The molecule has 9 heteroatoms. The van der Waals surface area contributed by atoms with Crippen molar-refractivity contribution in [3.63, 3.8) is 0 Å². The standard InChI is InChI=1S/C31H33FN4O4/c1-2-40-29-22(16-25(19-3-4-19)28(34-29)20-5-7-23(32)8-6-20)18-35-12-9-24(10-13-35)36-14-11-27-26(30(36)37)15-21(17-33-27)31(38)39/h5-8,15-17,19,24H,2-4,9-14,18H2,1H3,(H,38,39). The summed E-state index contributed by atoms with van der Waals surface area (Å²) in [5.74, 6) is -0.373. The Morgan fingerprint density at radius 1 is 1.10 bits per heavy atom. The van der Waals surface area contributed by atoms with Crippen LogP contribution in [0.25, 0.3) is 11.3 Å². The number of pyridine rings is 2. The molecule has 2 fully saturated rings. The summed E-state index contributed by atoms with van der Waals surface area (Å²) in [4.78, 5) is 38.2. The summed E-state index contributed by atoms with van der Waals surface area (Å²) in [5, 5.41) is 9.33. The van der Waals surface area contributed by atoms with Gasteiger partial charge < -0.3 is 14.7 Å². The molecule has 3 aromatic rings. The maximum Gasteiger partial charge on any atom is 0.337 e. The molecule has 40 heavy (non-hydrogen) atoms. The molecule has 0 spiro atoms. The number of nitrogens with zero attached hydrogens (tertiary/aromatic N) is 4. The molecule has 3 aliphatic rings. The van der Waals surface area contributed by atoms with E-state index in [4.69, 9.17) is 9.72 Å². The second kappa shape index (κ2) is 11.0. The second-order valence-electron chi connectivity index (χ2n) is 10.9. The van der Waals surface area contributed by atoms with Crippen LogP contribution >= 0.6 is 0 Å². The molecule has 1 saturated carbocycles. The minimum Gasteiger partial charge on any atom is -0.478 e. The van der Waals surface area contributed by atoms with E-state index in [0.717, 1.165) is 55.6 Å². The maximum absolute atomic E-state index is 13.6. The van der Waals surface area contributed by atoms with Crippen LogP contribution in [0.5, 0.6) is 5.88 Å². The summed E-state index contributed by atoms with van der Waals surface area (Å²) in [5.41, 5.74) is 5.16. The van der Waals surface area contributed by atoms with Crippen molar-refractivity contribution in [3.05, 3.63) is 76.4 Å². The van der Waals surface area contributed by atoms with Crippen LogP contribution in [-0.2, 0) is 13.0 Å². The highest BCUT2D eigenvalue weighted by Gasteiger charge is 2.34. The van der Waals surface area contributed by atoms with Gasteiger partial charge in [-0.3, -0.25) is 14.7 Å². The van der Waals surface area contributed by atoms with E-state index in [2.05, 4.69) is 16.0 Å². The van der Waals surface area contributed by atoms with Crippen molar-refractivity contribution in [1.29, 1.82) is 0 Å². The van der Waals surface area contributed by atoms with E-state index >= 15 is 0 Å². The highest BCUT2D eigenvalue weighted by atomic mass is 19.1. The Labute approximate surface area is 232 Å². The van der Waals surface area contributed by atoms with Crippen molar-refractivity contribution < 1.29 is 23.8 Å². The molecule has 1 aliphatic carbocycles. The van der Waals surface area contributed by atoms with E-state index in [-0.39, 0.29) is 23.3 Å². The van der Waals surface area contributed by atoms with Crippen molar-refractivity contribution in [2.45, 2.75) is 57.5 Å². The molecule has 4 heterocycles. The second-order valence-corrected chi connectivity index (χ2v) is 10.9. The summed E-state index contributed by atoms with van der Waals surface area (Å²) < 4.78 is 19.6. The Balaban J connectivity index is 1.17. The van der Waals surface area contributed by atoms with Gasteiger partial charge >= 0.3 is 5.97 Å². The molecule has 6 rings (SSSR count). The van der Waals surface area contributed by atoms with Crippen molar-refractivity contribution in [2.75, 3.05) is 26.2 Å². The van der Waals surface area contributed by atoms with Gasteiger partial charge in [0.25, 0.3) is 5.91 Å². The zero-order chi connectivity index (χ0) is 27.8. The number of carboxylic acids is 1. The third-order valence-electron chi connectivity index (χ3n) is 8.20. The van der Waals surface area contributed by atoms with Gasteiger partial charge in [0, 0.05) is 56.0 Å². The SMILES string of the molecule is CCOc1nc(-c2ccc(F)cc2)c(C2CC2)cc1CN1CCC(N2CCc3ncc(C(=O)O)cc3C2=O)CC1. The number of amides is 1. The number of carboxylic acid groups (broad SMARTS) is 1. The molecule has 208 valence electrons. The molecule has 1 saturated heterocycles. The number of carbonyl (C=O) groups is 2. The molecule has 2 aliphatic heterocycles. The molecule has 1 N–H and O–H groups in total. The molecule has 0 bridgehead atoms. The molecule has 0 atom stereocenters. The molecular formula is C31H33FN4O4. The zero-order valence-electron chi connectivity index (χ0n) is 22.6. The normalized spacial score (nSPS) is 18.1. The van der Waals surface area contributed by atoms with Crippen LogP contribution in [0.1, 0.15) is 76.1 Å². The molecule has 8 nitrogen and oxygen atoms in total. The summed E-state index contributed by atoms with van der Waals surface area (Å²) in [7, 11) is 0. The number of rotatable bonds is 8. The number of ether oxygens (including phenoxy) is 1. The molecule has 2 aromatic heterocycles. The Bertz CT molecular complexity index is 1430. The summed E-state index contributed by atoms with van der Waals surface area (Å²) >= 11 is 0. The summed E-state index contributed by atoms with van der Waals surface area (Å²) in [6, 6.07) is 10.3. The van der Waals surface area contributed by atoms with E-state index < -0.39 is 5.97 Å². The van der Waals surface area contributed by atoms with E-state index in [1.807, 2.05) is 11.8 Å². The van der Waals surface area contributed by atoms with Gasteiger partial charge in [0.15, 0.2) is 0 Å². The number of aromatic nitrogens is 2. The minimum absolute atomic E-state index is 0.0403. The molecule has 0 radical (unpaired) electrons. The lowest BCUT2D eigenvalue weighted by atomic mass is 9.96. The highest BCUT2D eigenvalue weighted by Crippen LogP contribution is 2.45. The number of aromatic carboxylic acids is 1. The van der Waals surface area contributed by atoms with E-state index in [9.17, 15) is 19.1 Å². The van der Waals surface area contributed by atoms with Gasteiger partial charge in [-0.05, 0) is 80.5 Å². The first-order chi connectivity index (χ1) is 19.4. The quantitative estimate of drug-likeness (QED) is 0.430. The number of hydrogen-bond acceptors (Lipinski definition) is 6. The summed E-state index contributed by atoms with van der Waals surface area (Å²) in [6.07, 6.45) is 5.90. The Morgan fingerprint density at radius 3 is 2.52 bits per heavy atom. The van der Waals surface area contributed by atoms with Crippen molar-refractivity contribution in [1.82, 2.24) is 19.8 Å². The van der Waals surface area contributed by atoms with E-state index in [1.165, 1.54) is 30.0 Å². The number of hydrogen-bond donors (Lipinski definition) is 1. The van der Waals surface area contributed by atoms with Gasteiger partial charge in [-0.25, -0.2) is 14.2 Å². The van der Waals surface area contributed by atoms with Crippen molar-refractivity contribution >= 4 is 11.9 Å². The van der Waals surface area contributed by atoms with E-state index in [1.54, 1.807) is 12.1 Å². The monoisotopic (exact) mass is 544 g/mol. The van der Waals surface area contributed by atoms with Crippen molar-refractivity contribution in [3.8, 4) is 17.1 Å². The fourth-order valence-corrected chi connectivity index (χ4v) is 5.93. The van der Waals surface area contributed by atoms with Gasteiger partial charge in [-0.15, -0.1) is 0 Å². The van der Waals surface area contributed by atoms with Crippen LogP contribution < -0.4 is 4.74 Å². The van der Waals surface area contributed by atoms with Gasteiger partial charge in [0.05, 0.1) is 29.1 Å². The zero-order valence-corrected chi connectivity index (χ0v) is 22.6. The van der Waals surface area contributed by atoms with Gasteiger partial charge in [0.1, 0.15) is 5.82 Å². The fraction of sp³-hybridized carbons (Fsp3) is 0.419. The minimum atomic E-state index is -1.08. The highest BCUT2D eigenvalue weighted by molar-refractivity contribution is 5.99. The predicted octanol–water partition coefficient (Wildman–Crippen LogP) is 4.92. The van der Waals surface area contributed by atoms with Crippen LogP contribution in [0, 0.1) is 5.82 Å². The van der Waals surface area contributed by atoms with Crippen LogP contribution in [0.15, 0.2) is 42.6 Å². The van der Waals surface area contributed by atoms with Gasteiger partial charge in [-0.2, -0.15) is 0 Å². The van der Waals surface area contributed by atoms with Gasteiger partial charge in [-0.1, -0.05) is 0 Å². The van der Waals surface area contributed by atoms with Crippen molar-refractivity contribution in [2.24, 2.45) is 0 Å². The predicted molar refractivity (Wildman–Crippen MR) is 147 cm³/mol. The smallest absolute Gasteiger partial charge is 0.337 e. The average molecular weight is 545 g/mol. The Kier molecular flexibility index (Phi) is 7.23. The largest absolute Gasteiger partial charge is 0.478 e. The molecular weight excluding hydrogens is 511 g/mol. The maximum atomic E-state index is 13.6. The third-order valence-corrected chi connectivity index (χ3v) is 8.20. The lowest BCUT2D eigenvalue weighted by molar-refractivity contribution is 0.0543. The number of likely N-dealkylation sites (tertiary alicyclic amines) is 1. The van der Waals surface area contributed by atoms with E-state index in [0.29, 0.717) is 49.2 Å². The number of fused-ring (bicyclic) bond motifs is 1. The first-order valence-corrected chi connectivity index (χ1v) is 14.1. The number of halogens is 1. The molecule has 0 unspecified atom stereocenters. The van der Waals surface area contributed by atoms with Gasteiger partial charge in [0.2, 0.25) is 5.88 Å². The van der Waals surface area contributed by atoms with Crippen LogP contribution in [0.4, 0.5) is 4.39 Å². The third kappa shape index (κ3) is 5.30. The number of benzene rings is 1. The van der Waals surface area contributed by atoms with Crippen LogP contribution in [-0.4, -0.2) is 69.0 Å². The lowest BCUT2D eigenvalue weighted by Crippen LogP contribution is -2.50. The Hall–Kier alpha value is -3.85. The van der Waals surface area contributed by atoms with Crippen LogP contribution in [0.3, 0.4) is 0 Å². The average Bonchev–Trinajstić information content (AvgIpc) is 3.81. The summed E-state index contributed by atoms with van der Waals surface area (Å²) in [6.45, 7) is 5.43. The molecule has 1 aromatic carbocycles. The first-order valence-electron chi connectivity index (χ1n) is 14.1. The topological polar surface area (TPSA) is 95.9 Å². The molecule has 1 amide bonds. The first kappa shape index (κ1) is 26.4. The Morgan fingerprint density at radius 2 is 1.85 bits per heavy atom. The number of piperidine rings is 1. The number of carbonyl (C=O) groups excluding carboxylic acids is 1. The van der Waals surface area contributed by atoms with Crippen LogP contribution in [0.2, 0.25) is 0 Å². The fourth-order valence-electron chi connectivity index (χ4n) is 5.93.